The van der Waals surface area contributed by atoms with E-state index in [4.69, 9.17) is 15.2 Å². The van der Waals surface area contributed by atoms with E-state index in [2.05, 4.69) is 27.8 Å². The van der Waals surface area contributed by atoms with Crippen molar-refractivity contribution in [3.63, 3.8) is 0 Å². The third-order valence-electron chi connectivity index (χ3n) is 11.4. The fraction of sp³-hybridized carbons (Fsp3) is 0.234. The van der Waals surface area contributed by atoms with E-state index in [9.17, 15) is 15.0 Å². The summed E-state index contributed by atoms with van der Waals surface area (Å²) in [6.45, 7) is -0.626. The second-order valence-corrected chi connectivity index (χ2v) is 14.8. The van der Waals surface area contributed by atoms with Gasteiger partial charge in [-0.15, -0.1) is 0 Å². The van der Waals surface area contributed by atoms with Crippen molar-refractivity contribution in [2.24, 2.45) is 11.7 Å². The van der Waals surface area contributed by atoms with Gasteiger partial charge in [0, 0.05) is 23.4 Å². The van der Waals surface area contributed by atoms with E-state index in [1.165, 1.54) is 0 Å². The fourth-order valence-electron chi connectivity index (χ4n) is 9.01. The van der Waals surface area contributed by atoms with Crippen LogP contribution in [0.1, 0.15) is 57.7 Å². The van der Waals surface area contributed by atoms with Gasteiger partial charge in [0.05, 0.1) is 37.3 Å². The number of ether oxygens (including phenoxy) is 2. The minimum absolute atomic E-state index is 0.0387. The lowest BCUT2D eigenvalue weighted by atomic mass is 9.65. The van der Waals surface area contributed by atoms with Gasteiger partial charge in [0.1, 0.15) is 29.9 Å². The first-order chi connectivity index (χ1) is 29.2. The van der Waals surface area contributed by atoms with Crippen LogP contribution >= 0.6 is 0 Å². The van der Waals surface area contributed by atoms with Gasteiger partial charge in [-0.25, -0.2) is 4.79 Å². The maximum Gasteiger partial charge on any atom is 0.324 e. The van der Waals surface area contributed by atoms with Crippen molar-refractivity contribution >= 4 is 29.5 Å². The molecule has 3 aliphatic heterocycles. The molecule has 0 bridgehead atoms. The van der Waals surface area contributed by atoms with Gasteiger partial charge < -0.3 is 41.4 Å². The molecular formula is C47H43N5O8. The summed E-state index contributed by atoms with van der Waals surface area (Å²) in [6, 6.07) is 36.0. The number of fused-ring (bicyclic) bond motifs is 3. The summed E-state index contributed by atoms with van der Waals surface area (Å²) in [7, 11) is 0. The molecule has 13 nitrogen and oxygen atoms in total. The molecule has 0 radical (unpaired) electrons. The molecule has 2 saturated heterocycles. The molecule has 0 aliphatic carbocycles. The van der Waals surface area contributed by atoms with Gasteiger partial charge in [-0.3, -0.25) is 19.3 Å². The number of primary amides is 1. The maximum atomic E-state index is 15.4. The van der Waals surface area contributed by atoms with Crippen LogP contribution in [0, 0.1) is 17.8 Å². The molecule has 1 spiro atoms. The third-order valence-corrected chi connectivity index (χ3v) is 11.4. The molecule has 7 atom stereocenters. The Bertz CT molecular complexity index is 2460. The predicted octanol–water partition coefficient (Wildman–Crippen LogP) is 4.20. The van der Waals surface area contributed by atoms with Crippen LogP contribution in [-0.4, -0.2) is 71.3 Å². The van der Waals surface area contributed by atoms with Crippen molar-refractivity contribution in [3.05, 3.63) is 167 Å². The van der Waals surface area contributed by atoms with Crippen molar-refractivity contribution in [3.8, 4) is 17.6 Å². The van der Waals surface area contributed by atoms with Crippen molar-refractivity contribution in [2.75, 3.05) is 31.6 Å². The summed E-state index contributed by atoms with van der Waals surface area (Å²) in [5.74, 6) is 2.87. The Labute approximate surface area is 346 Å². The van der Waals surface area contributed by atoms with Crippen molar-refractivity contribution < 1.29 is 38.9 Å². The second kappa shape index (κ2) is 17.1. The summed E-state index contributed by atoms with van der Waals surface area (Å²) in [6.07, 6.45) is -1.99. The zero-order chi connectivity index (χ0) is 41.8. The molecule has 8 rings (SSSR count). The van der Waals surface area contributed by atoms with Crippen LogP contribution in [0.4, 0.5) is 10.5 Å². The van der Waals surface area contributed by atoms with Crippen LogP contribution in [0.5, 0.6) is 5.75 Å². The largest absolute Gasteiger partial charge is 0.491 e. The molecule has 5 aromatic carbocycles. The summed E-state index contributed by atoms with van der Waals surface area (Å²) in [4.78, 5) is 59.1. The minimum atomic E-state index is -1.86. The molecule has 60 heavy (non-hydrogen) atoms. The van der Waals surface area contributed by atoms with Crippen LogP contribution < -0.4 is 26.4 Å². The smallest absolute Gasteiger partial charge is 0.324 e. The van der Waals surface area contributed by atoms with Gasteiger partial charge in [-0.05, 0) is 46.5 Å². The number of aliphatic hydroxyl groups is 2. The molecule has 0 unspecified atom stereocenters. The van der Waals surface area contributed by atoms with E-state index < -0.39 is 65.5 Å². The lowest BCUT2D eigenvalue weighted by molar-refractivity contribution is -0.178. The number of cyclic esters (lactones) is 1. The molecule has 7 N–H and O–H groups in total. The fourth-order valence-corrected chi connectivity index (χ4v) is 9.01. The zero-order valence-electron chi connectivity index (χ0n) is 32.4. The van der Waals surface area contributed by atoms with Gasteiger partial charge in [0.15, 0.2) is 0 Å². The van der Waals surface area contributed by atoms with Crippen LogP contribution in [0.25, 0.3) is 0 Å². The third kappa shape index (κ3) is 7.21. The lowest BCUT2D eigenvalue weighted by Gasteiger charge is -2.46. The SMILES string of the molecule is NC(=O)NCC#Cc1ccc2c(c1)[C@]1(C(=O)N2)[C@H](C(=O)NC[C@H](O)c2ccccc2)[C@H]2C(=O)O[C@H](c3ccccc3)[C@H](c3ccccc3)N2[C@@H]1c1ccccc1OCCO. The Morgan fingerprint density at radius 3 is 2.23 bits per heavy atom. The molecule has 2 fully saturated rings. The molecule has 5 aromatic rings. The number of morpholine rings is 1. The number of anilines is 1. The average molecular weight is 806 g/mol. The number of hydrogen-bond acceptors (Lipinski definition) is 9. The first kappa shape index (κ1) is 39.8. The molecule has 3 aliphatic rings. The molecule has 0 aromatic heterocycles. The predicted molar refractivity (Wildman–Crippen MR) is 221 cm³/mol. The van der Waals surface area contributed by atoms with E-state index in [0.717, 1.165) is 5.56 Å². The zero-order valence-corrected chi connectivity index (χ0v) is 32.4. The van der Waals surface area contributed by atoms with E-state index in [0.29, 0.717) is 39.3 Å². The molecule has 4 amide bonds. The number of nitrogens with zero attached hydrogens (tertiary/aromatic N) is 1. The summed E-state index contributed by atoms with van der Waals surface area (Å²) in [5.41, 5.74) is 7.19. The highest BCUT2D eigenvalue weighted by Gasteiger charge is 2.74. The van der Waals surface area contributed by atoms with E-state index >= 15 is 14.4 Å². The standard InChI is InChI=1S/C47H43N5O8/c48-46(58)49-24-12-13-29-22-23-35-34(27-29)47(45(57)51-35)38(43(55)50-28-36(54)30-14-4-1-5-15-30)40-44(56)60-41(32-18-8-3-9-19-32)39(31-16-6-2-7-17-31)52(40)42(47)33-20-10-11-21-37(33)59-26-25-53/h1-11,14-23,27,36,38-42,53-54H,24-26,28H2,(H,50,55)(H,51,57)(H3,48,49,58)/t36-,38-,39-,40-,41+,42+,47-/m0/s1. The Balaban J connectivity index is 1.39. The Morgan fingerprint density at radius 2 is 1.53 bits per heavy atom. The maximum absolute atomic E-state index is 15.4. The number of hydrogen-bond donors (Lipinski definition) is 6. The van der Waals surface area contributed by atoms with Crippen molar-refractivity contribution in [2.45, 2.75) is 35.7 Å². The summed E-state index contributed by atoms with van der Waals surface area (Å²) in [5, 5.41) is 29.6. The molecule has 0 saturated carbocycles. The van der Waals surface area contributed by atoms with E-state index in [1.807, 2.05) is 71.6 Å². The number of benzene rings is 5. The highest BCUT2D eigenvalue weighted by Crippen LogP contribution is 2.65. The molecule has 3 heterocycles. The number of esters is 1. The lowest BCUT2D eigenvalue weighted by Crippen LogP contribution is -2.55. The number of amides is 4. The summed E-state index contributed by atoms with van der Waals surface area (Å²) < 4.78 is 12.7. The average Bonchev–Trinajstić information content (AvgIpc) is 3.75. The molecular weight excluding hydrogens is 763 g/mol. The molecule has 13 heteroatoms. The number of para-hydroxylation sites is 1. The van der Waals surface area contributed by atoms with Gasteiger partial charge in [0.25, 0.3) is 0 Å². The highest BCUT2D eigenvalue weighted by molar-refractivity contribution is 6.12. The first-order valence-corrected chi connectivity index (χ1v) is 19.6. The quantitative estimate of drug-likeness (QED) is 0.0839. The number of urea groups is 1. The molecule has 304 valence electrons. The normalized spacial score (nSPS) is 23.3. The van der Waals surface area contributed by atoms with Crippen molar-refractivity contribution in [1.29, 1.82) is 0 Å². The van der Waals surface area contributed by atoms with Crippen molar-refractivity contribution in [1.82, 2.24) is 15.5 Å². The highest BCUT2D eigenvalue weighted by atomic mass is 16.6. The number of carbonyl (C=O) groups is 4. The minimum Gasteiger partial charge on any atom is -0.491 e. The topological polar surface area (TPSA) is 193 Å². The van der Waals surface area contributed by atoms with E-state index in [-0.39, 0.29) is 26.3 Å². The Morgan fingerprint density at radius 1 is 0.867 bits per heavy atom. The first-order valence-electron chi connectivity index (χ1n) is 19.6. The Hall–Kier alpha value is -6.98. The van der Waals surface area contributed by atoms with E-state index in [1.54, 1.807) is 66.7 Å². The second-order valence-electron chi connectivity index (χ2n) is 14.8. The number of carbonyl (C=O) groups excluding carboxylic acids is 4. The van der Waals surface area contributed by atoms with Gasteiger partial charge >= 0.3 is 12.0 Å². The van der Waals surface area contributed by atoms with Gasteiger partial charge in [-0.1, -0.05) is 121 Å². The monoisotopic (exact) mass is 805 g/mol. The van der Waals surface area contributed by atoms with Crippen LogP contribution in [0.3, 0.4) is 0 Å². The van der Waals surface area contributed by atoms with Crippen LogP contribution in [0.2, 0.25) is 0 Å². The summed E-state index contributed by atoms with van der Waals surface area (Å²) >= 11 is 0. The van der Waals surface area contributed by atoms with Crippen LogP contribution in [0.15, 0.2) is 133 Å². The van der Waals surface area contributed by atoms with Crippen LogP contribution in [-0.2, 0) is 24.5 Å². The van der Waals surface area contributed by atoms with Gasteiger partial charge in [0.2, 0.25) is 11.8 Å². The van der Waals surface area contributed by atoms with Gasteiger partial charge in [-0.2, -0.15) is 0 Å². The number of nitrogens with one attached hydrogen (secondary N) is 3. The Kier molecular flexibility index (Phi) is 11.3. The number of rotatable bonds is 11. The number of aliphatic hydroxyl groups excluding tert-OH is 2. The number of nitrogens with two attached hydrogens (primary N) is 1.